The molecule has 1 aromatic carbocycles. The highest BCUT2D eigenvalue weighted by molar-refractivity contribution is 5.80. The zero-order chi connectivity index (χ0) is 13.2. The van der Waals surface area contributed by atoms with Crippen molar-refractivity contribution in [3.63, 3.8) is 0 Å². The minimum absolute atomic E-state index is 0.228. The van der Waals surface area contributed by atoms with Gasteiger partial charge >= 0.3 is 0 Å². The summed E-state index contributed by atoms with van der Waals surface area (Å²) in [5, 5.41) is 3.45. The maximum absolute atomic E-state index is 11.5. The van der Waals surface area contributed by atoms with Crippen LogP contribution in [0.3, 0.4) is 0 Å². The number of primary amides is 1. The first-order chi connectivity index (χ1) is 9.25. The van der Waals surface area contributed by atoms with E-state index in [9.17, 15) is 4.79 Å². The zero-order valence-corrected chi connectivity index (χ0v) is 11.0. The molecule has 102 valence electrons. The van der Waals surface area contributed by atoms with Gasteiger partial charge in [0.2, 0.25) is 5.91 Å². The lowest BCUT2D eigenvalue weighted by atomic mass is 9.80. The van der Waals surface area contributed by atoms with Gasteiger partial charge in [-0.15, -0.1) is 0 Å². The van der Waals surface area contributed by atoms with Gasteiger partial charge in [-0.1, -0.05) is 24.3 Å². The molecule has 1 amide bonds. The van der Waals surface area contributed by atoms with Gasteiger partial charge in [-0.2, -0.15) is 0 Å². The second kappa shape index (κ2) is 5.31. The van der Waals surface area contributed by atoms with Crippen molar-refractivity contribution < 1.29 is 9.53 Å². The third-order valence-corrected chi connectivity index (χ3v) is 4.28. The van der Waals surface area contributed by atoms with E-state index >= 15 is 0 Å². The van der Waals surface area contributed by atoms with Gasteiger partial charge < -0.3 is 10.5 Å². The summed E-state index contributed by atoms with van der Waals surface area (Å²) in [5.41, 5.74) is 8.07. The maximum atomic E-state index is 11.5. The molecule has 2 unspecified atom stereocenters. The van der Waals surface area contributed by atoms with Crippen molar-refractivity contribution in [3.05, 3.63) is 35.4 Å². The van der Waals surface area contributed by atoms with Crippen LogP contribution in [0, 0.1) is 5.92 Å². The lowest BCUT2D eigenvalue weighted by molar-refractivity contribution is -0.120. The van der Waals surface area contributed by atoms with Crippen molar-refractivity contribution in [2.24, 2.45) is 11.7 Å². The fraction of sp³-hybridized carbons (Fsp3) is 0.533. The lowest BCUT2D eigenvalue weighted by Gasteiger charge is -2.38. The second-order valence-corrected chi connectivity index (χ2v) is 5.45. The standard InChI is InChI=1S/C15H20N2O2/c16-15(18)13-9-11-3-1-2-4-12(11)14(17-13)10-5-7-19-8-6-10/h1-4,10,13-14,17H,5-9H2,(H2,16,18). The van der Waals surface area contributed by atoms with Gasteiger partial charge in [-0.25, -0.2) is 0 Å². The van der Waals surface area contributed by atoms with Crippen LogP contribution >= 0.6 is 0 Å². The molecule has 2 atom stereocenters. The Morgan fingerprint density at radius 3 is 2.74 bits per heavy atom. The molecule has 0 bridgehead atoms. The van der Waals surface area contributed by atoms with E-state index in [1.165, 1.54) is 11.1 Å². The first-order valence-corrected chi connectivity index (χ1v) is 6.96. The van der Waals surface area contributed by atoms with Crippen molar-refractivity contribution in [2.75, 3.05) is 13.2 Å². The SMILES string of the molecule is NC(=O)C1Cc2ccccc2C(C2CCOCC2)N1. The Labute approximate surface area is 113 Å². The van der Waals surface area contributed by atoms with E-state index in [2.05, 4.69) is 23.5 Å². The third-order valence-electron chi connectivity index (χ3n) is 4.28. The van der Waals surface area contributed by atoms with E-state index < -0.39 is 0 Å². The number of ether oxygens (including phenoxy) is 1. The molecule has 1 saturated heterocycles. The molecule has 3 N–H and O–H groups in total. The number of benzene rings is 1. The Kier molecular flexibility index (Phi) is 3.53. The molecule has 4 nitrogen and oxygen atoms in total. The number of nitrogens with one attached hydrogen (secondary N) is 1. The molecule has 2 aliphatic rings. The number of hydrogen-bond acceptors (Lipinski definition) is 3. The minimum atomic E-state index is -0.258. The first-order valence-electron chi connectivity index (χ1n) is 6.96. The largest absolute Gasteiger partial charge is 0.381 e. The van der Waals surface area contributed by atoms with Crippen LogP contribution in [-0.2, 0) is 16.0 Å². The highest BCUT2D eigenvalue weighted by Gasteiger charge is 2.34. The number of rotatable bonds is 2. The van der Waals surface area contributed by atoms with Crippen molar-refractivity contribution >= 4 is 5.91 Å². The van der Waals surface area contributed by atoms with Crippen LogP contribution in [0.1, 0.15) is 30.0 Å². The molecule has 4 heteroatoms. The number of carbonyl (C=O) groups excluding carboxylic acids is 1. The van der Waals surface area contributed by atoms with Crippen LogP contribution in [0.15, 0.2) is 24.3 Å². The Morgan fingerprint density at radius 1 is 1.26 bits per heavy atom. The Bertz CT molecular complexity index is 469. The van der Waals surface area contributed by atoms with Crippen molar-refractivity contribution in [1.82, 2.24) is 5.32 Å². The number of amides is 1. The average molecular weight is 260 g/mol. The van der Waals surface area contributed by atoms with Crippen LogP contribution in [0.25, 0.3) is 0 Å². The fourth-order valence-electron chi connectivity index (χ4n) is 3.23. The van der Waals surface area contributed by atoms with Crippen LogP contribution < -0.4 is 11.1 Å². The van der Waals surface area contributed by atoms with Crippen LogP contribution in [0.2, 0.25) is 0 Å². The Balaban J connectivity index is 1.90. The second-order valence-electron chi connectivity index (χ2n) is 5.45. The van der Waals surface area contributed by atoms with Gasteiger partial charge in [-0.3, -0.25) is 10.1 Å². The normalized spacial score (nSPS) is 27.8. The van der Waals surface area contributed by atoms with E-state index in [0.717, 1.165) is 26.1 Å². The van der Waals surface area contributed by atoms with E-state index in [0.29, 0.717) is 12.3 Å². The van der Waals surface area contributed by atoms with Crippen LogP contribution in [0.4, 0.5) is 0 Å². The summed E-state index contributed by atoms with van der Waals surface area (Å²) >= 11 is 0. The molecule has 19 heavy (non-hydrogen) atoms. The van der Waals surface area contributed by atoms with E-state index in [4.69, 9.17) is 10.5 Å². The highest BCUT2D eigenvalue weighted by atomic mass is 16.5. The molecule has 0 aliphatic carbocycles. The van der Waals surface area contributed by atoms with Crippen molar-refractivity contribution in [3.8, 4) is 0 Å². The summed E-state index contributed by atoms with van der Waals surface area (Å²) in [4.78, 5) is 11.5. The topological polar surface area (TPSA) is 64.4 Å². The molecule has 0 aromatic heterocycles. The van der Waals surface area contributed by atoms with E-state index in [-0.39, 0.29) is 18.0 Å². The fourth-order valence-corrected chi connectivity index (χ4v) is 3.23. The summed E-state index contributed by atoms with van der Waals surface area (Å²) < 4.78 is 5.43. The van der Waals surface area contributed by atoms with Gasteiger partial charge in [0.15, 0.2) is 0 Å². The molecular weight excluding hydrogens is 240 g/mol. The summed E-state index contributed by atoms with van der Waals surface area (Å²) in [6.45, 7) is 1.62. The Morgan fingerprint density at radius 2 is 2.00 bits per heavy atom. The van der Waals surface area contributed by atoms with Gasteiger partial charge in [0.05, 0.1) is 6.04 Å². The molecule has 3 rings (SSSR count). The van der Waals surface area contributed by atoms with Gasteiger partial charge in [-0.05, 0) is 36.3 Å². The molecule has 0 saturated carbocycles. The quantitative estimate of drug-likeness (QED) is 0.838. The van der Waals surface area contributed by atoms with Crippen LogP contribution in [0.5, 0.6) is 0 Å². The monoisotopic (exact) mass is 260 g/mol. The van der Waals surface area contributed by atoms with E-state index in [1.807, 2.05) is 6.07 Å². The highest BCUT2D eigenvalue weighted by Crippen LogP contribution is 2.35. The third kappa shape index (κ3) is 2.51. The van der Waals surface area contributed by atoms with Gasteiger partial charge in [0, 0.05) is 19.3 Å². The predicted molar refractivity (Wildman–Crippen MR) is 72.5 cm³/mol. The first kappa shape index (κ1) is 12.6. The summed E-state index contributed by atoms with van der Waals surface area (Å²) in [7, 11) is 0. The molecule has 0 spiro atoms. The molecule has 2 heterocycles. The Hall–Kier alpha value is -1.39. The maximum Gasteiger partial charge on any atom is 0.234 e. The minimum Gasteiger partial charge on any atom is -0.381 e. The summed E-state index contributed by atoms with van der Waals surface area (Å²) in [6.07, 6.45) is 2.78. The molecule has 1 aromatic rings. The number of hydrogen-bond donors (Lipinski definition) is 2. The number of nitrogens with two attached hydrogens (primary N) is 1. The van der Waals surface area contributed by atoms with Crippen LogP contribution in [-0.4, -0.2) is 25.2 Å². The molecular formula is C15H20N2O2. The van der Waals surface area contributed by atoms with Crippen molar-refractivity contribution in [1.29, 1.82) is 0 Å². The van der Waals surface area contributed by atoms with Gasteiger partial charge in [0.1, 0.15) is 0 Å². The number of carbonyl (C=O) groups is 1. The lowest BCUT2D eigenvalue weighted by Crippen LogP contribution is -2.50. The van der Waals surface area contributed by atoms with Crippen molar-refractivity contribution in [2.45, 2.75) is 31.3 Å². The van der Waals surface area contributed by atoms with Gasteiger partial charge in [0.25, 0.3) is 0 Å². The predicted octanol–water partition coefficient (Wildman–Crippen LogP) is 1.15. The number of fused-ring (bicyclic) bond motifs is 1. The summed E-state index contributed by atoms with van der Waals surface area (Å²) in [5.74, 6) is 0.267. The average Bonchev–Trinajstić information content (AvgIpc) is 2.47. The summed E-state index contributed by atoms with van der Waals surface area (Å²) in [6, 6.07) is 8.35. The molecule has 0 radical (unpaired) electrons. The van der Waals surface area contributed by atoms with E-state index in [1.54, 1.807) is 0 Å². The molecule has 2 aliphatic heterocycles. The zero-order valence-electron chi connectivity index (χ0n) is 11.0. The molecule has 1 fully saturated rings. The smallest absolute Gasteiger partial charge is 0.234 e.